The maximum Gasteiger partial charge on any atom is 0.252 e. The molecule has 2 bridgehead atoms. The van der Waals surface area contributed by atoms with Gasteiger partial charge in [0, 0.05) is 44.0 Å². The second-order valence-corrected chi connectivity index (χ2v) is 14.3. The molecule has 198 valence electrons. The lowest BCUT2D eigenvalue weighted by atomic mass is 9.82. The van der Waals surface area contributed by atoms with E-state index in [0.29, 0.717) is 56.4 Å². The quantitative estimate of drug-likeness (QED) is 0.587. The SMILES string of the molecule is CC1(O)C[C@H]2COC[C@@H](C1)N2C[C@H]1CN(S(=O)(=O)c2cccs2)CCN1c1ccc(C(C)(C)O)cc1. The highest BCUT2D eigenvalue weighted by Gasteiger charge is 2.46. The van der Waals surface area contributed by atoms with Gasteiger partial charge in [-0.1, -0.05) is 18.2 Å². The van der Waals surface area contributed by atoms with Crippen LogP contribution in [0.25, 0.3) is 0 Å². The van der Waals surface area contributed by atoms with Crippen molar-refractivity contribution in [1.82, 2.24) is 9.21 Å². The molecule has 3 fully saturated rings. The standard InChI is InChI=1S/C26H37N3O5S2/c1-25(2,30)19-6-8-20(9-7-19)28-11-10-27(36(32,33)24-5-4-12-35-24)15-23(28)16-29-21-13-26(3,31)14-22(29)18-34-17-21/h4-9,12,21-23,30-31H,10-11,13-18H2,1-3H3/t21-,22+,23-,26?/m1/s1. The van der Waals surface area contributed by atoms with Crippen LogP contribution in [0.3, 0.4) is 0 Å². The van der Waals surface area contributed by atoms with E-state index in [0.717, 1.165) is 11.3 Å². The lowest BCUT2D eigenvalue weighted by Crippen LogP contribution is -2.66. The summed E-state index contributed by atoms with van der Waals surface area (Å²) in [7, 11) is -3.55. The van der Waals surface area contributed by atoms with Crippen molar-refractivity contribution in [3.8, 4) is 0 Å². The Morgan fingerprint density at radius 3 is 2.36 bits per heavy atom. The topological polar surface area (TPSA) is 93.6 Å². The fourth-order valence-electron chi connectivity index (χ4n) is 5.96. The Labute approximate surface area is 218 Å². The molecule has 3 aliphatic rings. The molecular weight excluding hydrogens is 498 g/mol. The molecule has 8 nitrogen and oxygen atoms in total. The smallest absolute Gasteiger partial charge is 0.252 e. The van der Waals surface area contributed by atoms with Crippen LogP contribution in [0.15, 0.2) is 46.0 Å². The lowest BCUT2D eigenvalue weighted by molar-refractivity contribution is -0.138. The van der Waals surface area contributed by atoms with Gasteiger partial charge in [0.05, 0.1) is 30.5 Å². The van der Waals surface area contributed by atoms with Crippen LogP contribution in [0, 0.1) is 0 Å². The number of anilines is 1. The maximum atomic E-state index is 13.4. The zero-order chi connectivity index (χ0) is 25.7. The normalized spacial score (nSPS) is 30.5. The summed E-state index contributed by atoms with van der Waals surface area (Å²) in [5, 5.41) is 23.0. The molecule has 0 amide bonds. The number of ether oxygens (including phenoxy) is 1. The summed E-state index contributed by atoms with van der Waals surface area (Å²) >= 11 is 1.25. The third-order valence-corrected chi connectivity index (χ3v) is 11.0. The van der Waals surface area contributed by atoms with Gasteiger partial charge in [-0.2, -0.15) is 4.31 Å². The first-order valence-corrected chi connectivity index (χ1v) is 15.0. The predicted molar refractivity (Wildman–Crippen MR) is 141 cm³/mol. The van der Waals surface area contributed by atoms with Crippen LogP contribution >= 0.6 is 11.3 Å². The minimum Gasteiger partial charge on any atom is -0.390 e. The van der Waals surface area contributed by atoms with Crippen molar-refractivity contribution in [3.05, 3.63) is 47.3 Å². The third-order valence-electron chi connectivity index (χ3n) is 7.77. The second kappa shape index (κ2) is 9.65. The van der Waals surface area contributed by atoms with E-state index in [9.17, 15) is 18.6 Å². The molecule has 3 aliphatic heterocycles. The molecular formula is C26H37N3O5S2. The number of hydrogen-bond donors (Lipinski definition) is 2. The summed E-state index contributed by atoms with van der Waals surface area (Å²) < 4.78 is 34.6. The van der Waals surface area contributed by atoms with Crippen LogP contribution in [0.4, 0.5) is 5.69 Å². The van der Waals surface area contributed by atoms with Gasteiger partial charge in [-0.05, 0) is 62.8 Å². The van der Waals surface area contributed by atoms with Crippen molar-refractivity contribution in [2.75, 3.05) is 44.3 Å². The average molecular weight is 536 g/mol. The van der Waals surface area contributed by atoms with Crippen molar-refractivity contribution in [3.63, 3.8) is 0 Å². The third kappa shape index (κ3) is 5.22. The minimum absolute atomic E-state index is 0.0624. The molecule has 36 heavy (non-hydrogen) atoms. The highest BCUT2D eigenvalue weighted by molar-refractivity contribution is 7.91. The highest BCUT2D eigenvalue weighted by atomic mass is 32.2. The van der Waals surface area contributed by atoms with Crippen LogP contribution in [0.5, 0.6) is 0 Å². The van der Waals surface area contributed by atoms with Crippen LogP contribution in [0.2, 0.25) is 0 Å². The van der Waals surface area contributed by atoms with E-state index >= 15 is 0 Å². The van der Waals surface area contributed by atoms with Gasteiger partial charge in [-0.25, -0.2) is 8.42 Å². The number of piperazine rings is 1. The van der Waals surface area contributed by atoms with Gasteiger partial charge < -0.3 is 19.8 Å². The van der Waals surface area contributed by atoms with Crippen LogP contribution in [0.1, 0.15) is 39.2 Å². The number of fused-ring (bicyclic) bond motifs is 2. The van der Waals surface area contributed by atoms with E-state index in [1.807, 2.05) is 31.2 Å². The molecule has 1 aromatic carbocycles. The summed E-state index contributed by atoms with van der Waals surface area (Å²) in [5.74, 6) is 0. The Balaban J connectivity index is 1.43. The number of benzene rings is 1. The molecule has 2 N–H and O–H groups in total. The first-order valence-electron chi connectivity index (χ1n) is 12.6. The van der Waals surface area contributed by atoms with Crippen LogP contribution in [-0.2, 0) is 20.4 Å². The van der Waals surface area contributed by atoms with E-state index in [4.69, 9.17) is 4.74 Å². The Morgan fingerprint density at radius 1 is 1.11 bits per heavy atom. The summed E-state index contributed by atoms with van der Waals surface area (Å²) in [4.78, 5) is 4.74. The number of thiophene rings is 1. The average Bonchev–Trinajstić information content (AvgIpc) is 3.35. The Morgan fingerprint density at radius 2 is 1.78 bits per heavy atom. The van der Waals surface area contributed by atoms with Gasteiger partial charge in [0.2, 0.25) is 0 Å². The van der Waals surface area contributed by atoms with E-state index in [1.165, 1.54) is 11.3 Å². The Kier molecular flexibility index (Phi) is 6.99. The molecule has 4 atom stereocenters. The van der Waals surface area contributed by atoms with Crippen LogP contribution in [-0.4, -0.2) is 91.0 Å². The van der Waals surface area contributed by atoms with Crippen molar-refractivity contribution in [2.45, 2.75) is 67.1 Å². The molecule has 5 rings (SSSR count). The van der Waals surface area contributed by atoms with Gasteiger partial charge in [-0.3, -0.25) is 4.90 Å². The summed E-state index contributed by atoms with van der Waals surface area (Å²) in [6, 6.07) is 11.5. The van der Waals surface area contributed by atoms with Crippen molar-refractivity contribution < 1.29 is 23.4 Å². The van der Waals surface area contributed by atoms with E-state index in [-0.39, 0.29) is 18.1 Å². The lowest BCUT2D eigenvalue weighted by Gasteiger charge is -2.53. The molecule has 0 aliphatic carbocycles. The van der Waals surface area contributed by atoms with Gasteiger partial charge in [0.15, 0.2) is 0 Å². The predicted octanol–water partition coefficient (Wildman–Crippen LogP) is 2.47. The summed E-state index contributed by atoms with van der Waals surface area (Å²) in [5.41, 5.74) is 0.231. The number of piperidine rings is 1. The van der Waals surface area contributed by atoms with E-state index < -0.39 is 21.2 Å². The monoisotopic (exact) mass is 535 g/mol. The minimum atomic E-state index is -3.55. The number of nitrogens with zero attached hydrogens (tertiary/aromatic N) is 3. The largest absolute Gasteiger partial charge is 0.390 e. The Hall–Kier alpha value is -1.53. The van der Waals surface area contributed by atoms with Crippen molar-refractivity contribution in [1.29, 1.82) is 0 Å². The summed E-state index contributed by atoms with van der Waals surface area (Å²) in [6.07, 6.45) is 1.29. The van der Waals surface area contributed by atoms with Gasteiger partial charge >= 0.3 is 0 Å². The fraction of sp³-hybridized carbons (Fsp3) is 0.615. The highest BCUT2D eigenvalue weighted by Crippen LogP contribution is 2.36. The molecule has 4 heterocycles. The molecule has 0 radical (unpaired) electrons. The molecule has 1 aromatic heterocycles. The van der Waals surface area contributed by atoms with Gasteiger partial charge in [-0.15, -0.1) is 11.3 Å². The maximum absolute atomic E-state index is 13.4. The Bertz CT molecular complexity index is 1130. The zero-order valence-electron chi connectivity index (χ0n) is 21.2. The first-order chi connectivity index (χ1) is 16.9. The van der Waals surface area contributed by atoms with Gasteiger partial charge in [0.1, 0.15) is 4.21 Å². The van der Waals surface area contributed by atoms with Gasteiger partial charge in [0.25, 0.3) is 10.0 Å². The number of aliphatic hydroxyl groups is 2. The van der Waals surface area contributed by atoms with Crippen molar-refractivity contribution in [2.24, 2.45) is 0 Å². The first kappa shape index (κ1) is 26.1. The molecule has 2 aromatic rings. The fourth-order valence-corrected chi connectivity index (χ4v) is 8.57. The van der Waals surface area contributed by atoms with Crippen molar-refractivity contribution >= 4 is 27.0 Å². The zero-order valence-corrected chi connectivity index (χ0v) is 22.8. The molecule has 10 heteroatoms. The number of rotatable bonds is 6. The van der Waals surface area contributed by atoms with E-state index in [2.05, 4.69) is 9.80 Å². The molecule has 1 unspecified atom stereocenters. The number of hydrogen-bond acceptors (Lipinski definition) is 8. The molecule has 3 saturated heterocycles. The number of sulfonamides is 1. The second-order valence-electron chi connectivity index (χ2n) is 11.2. The van der Waals surface area contributed by atoms with Crippen LogP contribution < -0.4 is 4.90 Å². The molecule has 0 spiro atoms. The molecule has 0 saturated carbocycles. The summed E-state index contributed by atoms with van der Waals surface area (Å²) in [6.45, 7) is 8.68. The number of morpholine rings is 1. The van der Waals surface area contributed by atoms with E-state index in [1.54, 1.807) is 35.7 Å².